The molecule has 13 heteroatoms. The normalized spacial score (nSPS) is 9.21. The van der Waals surface area contributed by atoms with E-state index in [1.54, 1.807) is 18.6 Å². The SMILES string of the molecule is c1ccc2c[nH]cc2c1.c1cn[nH]n1.c1cnc2cc[nH]c2c1.c1conn1.c1nn[nH]n1. The molecule has 0 unspecified atom stereocenters. The fourth-order valence-corrected chi connectivity index (χ4v) is 2.31. The molecule has 4 N–H and O–H groups in total. The summed E-state index contributed by atoms with van der Waals surface area (Å²) in [4.78, 5) is 10.2. The zero-order valence-corrected chi connectivity index (χ0v) is 17.2. The van der Waals surface area contributed by atoms with Crippen LogP contribution in [0.3, 0.4) is 0 Å². The Hall–Kier alpha value is -5.20. The number of aromatic amines is 4. The number of benzene rings is 1. The van der Waals surface area contributed by atoms with Crippen molar-refractivity contribution in [2.24, 2.45) is 0 Å². The maximum atomic E-state index is 4.22. The Balaban J connectivity index is 0.000000120. The van der Waals surface area contributed by atoms with Gasteiger partial charge in [0, 0.05) is 30.1 Å². The topological polar surface area (TPSA) is 179 Å². The third-order valence-electron chi connectivity index (χ3n) is 3.68. The highest BCUT2D eigenvalue weighted by Gasteiger charge is 1.88. The maximum Gasteiger partial charge on any atom is 0.161 e. The molecule has 0 fully saturated rings. The molecule has 0 spiro atoms. The Labute approximate surface area is 186 Å². The van der Waals surface area contributed by atoms with E-state index in [1.807, 2.05) is 48.9 Å². The van der Waals surface area contributed by atoms with Crippen molar-refractivity contribution in [2.45, 2.75) is 0 Å². The first-order chi connectivity index (χ1) is 16.4. The average Bonchev–Trinajstić information content (AvgIpc) is 3.71. The number of nitrogens with zero attached hydrogens (tertiary/aromatic N) is 8. The number of hydrogen-bond acceptors (Lipinski definition) is 9. The highest BCUT2D eigenvalue weighted by atomic mass is 16.5. The second kappa shape index (κ2) is 13.9. The van der Waals surface area contributed by atoms with Crippen molar-refractivity contribution in [1.82, 2.24) is 61.4 Å². The molecule has 7 aromatic rings. The quantitative estimate of drug-likeness (QED) is 0.273. The summed E-state index contributed by atoms with van der Waals surface area (Å²) in [5, 5.41) is 30.5. The molecule has 0 atom stereocenters. The molecule has 0 amide bonds. The zero-order chi connectivity index (χ0) is 22.8. The highest BCUT2D eigenvalue weighted by Crippen LogP contribution is 2.10. The number of H-pyrrole nitrogens is 4. The van der Waals surface area contributed by atoms with Gasteiger partial charge in [0.15, 0.2) is 6.33 Å². The minimum Gasteiger partial charge on any atom is -0.366 e. The summed E-state index contributed by atoms with van der Waals surface area (Å²) in [5.41, 5.74) is 2.12. The van der Waals surface area contributed by atoms with E-state index < -0.39 is 0 Å². The summed E-state index contributed by atoms with van der Waals surface area (Å²) in [6.45, 7) is 0. The average molecular weight is 444 g/mol. The van der Waals surface area contributed by atoms with Gasteiger partial charge in [0.05, 0.1) is 29.6 Å². The van der Waals surface area contributed by atoms with Gasteiger partial charge in [0.2, 0.25) is 0 Å². The van der Waals surface area contributed by atoms with Gasteiger partial charge < -0.3 is 14.5 Å². The van der Waals surface area contributed by atoms with Gasteiger partial charge in [-0.2, -0.15) is 20.6 Å². The maximum absolute atomic E-state index is 4.22. The van der Waals surface area contributed by atoms with Crippen LogP contribution in [0.1, 0.15) is 0 Å². The van der Waals surface area contributed by atoms with Crippen molar-refractivity contribution in [1.29, 1.82) is 0 Å². The van der Waals surface area contributed by atoms with Crippen molar-refractivity contribution in [2.75, 3.05) is 0 Å². The summed E-state index contributed by atoms with van der Waals surface area (Å²) in [5.74, 6) is 0. The van der Waals surface area contributed by atoms with Crippen LogP contribution in [-0.4, -0.2) is 61.4 Å². The number of hydrogen-bond donors (Lipinski definition) is 4. The minimum absolute atomic E-state index is 1.03. The van der Waals surface area contributed by atoms with E-state index in [-0.39, 0.29) is 0 Å². The van der Waals surface area contributed by atoms with Crippen LogP contribution in [0, 0.1) is 0 Å². The van der Waals surface area contributed by atoms with Gasteiger partial charge in [-0.05, 0) is 29.0 Å². The van der Waals surface area contributed by atoms with E-state index in [4.69, 9.17) is 0 Å². The first-order valence-corrected chi connectivity index (χ1v) is 9.50. The van der Waals surface area contributed by atoms with Crippen LogP contribution in [0.15, 0.2) is 103 Å². The summed E-state index contributed by atoms with van der Waals surface area (Å²) < 4.78 is 4.22. The molecule has 0 saturated heterocycles. The molecule has 6 aromatic heterocycles. The number of pyridine rings is 1. The Morgan fingerprint density at radius 1 is 0.727 bits per heavy atom. The molecular formula is C20H20N12O. The molecule has 0 aliphatic rings. The fraction of sp³-hybridized carbons (Fsp3) is 0. The Morgan fingerprint density at radius 3 is 2.03 bits per heavy atom. The van der Waals surface area contributed by atoms with E-state index in [0.717, 1.165) is 11.0 Å². The highest BCUT2D eigenvalue weighted by molar-refractivity contribution is 5.81. The predicted molar refractivity (Wildman–Crippen MR) is 119 cm³/mol. The van der Waals surface area contributed by atoms with Crippen LogP contribution >= 0.6 is 0 Å². The van der Waals surface area contributed by atoms with Gasteiger partial charge in [-0.3, -0.25) is 4.98 Å². The minimum atomic E-state index is 1.03. The molecule has 33 heavy (non-hydrogen) atoms. The van der Waals surface area contributed by atoms with Crippen LogP contribution < -0.4 is 0 Å². The first-order valence-electron chi connectivity index (χ1n) is 9.50. The lowest BCUT2D eigenvalue weighted by Gasteiger charge is -1.82. The molecule has 0 radical (unpaired) electrons. The molecular weight excluding hydrogens is 424 g/mol. The predicted octanol–water partition coefficient (Wildman–Crippen LogP) is 2.80. The van der Waals surface area contributed by atoms with E-state index in [9.17, 15) is 0 Å². The summed E-state index contributed by atoms with van der Waals surface area (Å²) in [6, 6.07) is 14.1. The summed E-state index contributed by atoms with van der Waals surface area (Å²) in [7, 11) is 0. The van der Waals surface area contributed by atoms with Crippen molar-refractivity contribution in [3.05, 3.63) is 98.4 Å². The van der Waals surface area contributed by atoms with Crippen LogP contribution in [0.5, 0.6) is 0 Å². The molecule has 0 saturated carbocycles. The third kappa shape index (κ3) is 8.59. The van der Waals surface area contributed by atoms with Gasteiger partial charge in [0.25, 0.3) is 0 Å². The molecule has 7 rings (SSSR count). The van der Waals surface area contributed by atoms with Gasteiger partial charge in [-0.1, -0.05) is 29.5 Å². The van der Waals surface area contributed by atoms with Gasteiger partial charge in [-0.25, -0.2) is 0 Å². The molecule has 0 bridgehead atoms. The van der Waals surface area contributed by atoms with E-state index in [2.05, 4.69) is 78.0 Å². The molecule has 0 aliphatic carbocycles. The standard InChI is InChI=1S/C8H7N.C7H6N2.C2H3N3.C2H2N2O.CH2N4/c1-2-4-8-6-9-5-7(8)3-1;1-2-6-7(8-4-1)3-5-9-6;1-2-4-5-3-1;1-2-5-4-3-1;1-2-4-5-3-1/h1-6,9H;1-5,9H;1-2H,(H,3,4,5);1-2H;1H,(H,2,3,4,5). The van der Waals surface area contributed by atoms with Crippen molar-refractivity contribution >= 4 is 21.8 Å². The van der Waals surface area contributed by atoms with Gasteiger partial charge in [0.1, 0.15) is 6.26 Å². The van der Waals surface area contributed by atoms with Gasteiger partial charge >= 0.3 is 0 Å². The Kier molecular flexibility index (Phi) is 9.48. The van der Waals surface area contributed by atoms with Gasteiger partial charge in [-0.15, -0.1) is 15.3 Å². The van der Waals surface area contributed by atoms with Crippen molar-refractivity contribution in [3.63, 3.8) is 0 Å². The summed E-state index contributed by atoms with van der Waals surface area (Å²) in [6.07, 6.45) is 15.0. The van der Waals surface area contributed by atoms with Crippen LogP contribution in [0.4, 0.5) is 0 Å². The molecule has 0 aliphatic heterocycles. The number of aromatic nitrogens is 12. The van der Waals surface area contributed by atoms with Crippen molar-refractivity contribution < 1.29 is 4.52 Å². The molecule has 1 aromatic carbocycles. The molecule has 6 heterocycles. The van der Waals surface area contributed by atoms with E-state index in [0.29, 0.717) is 0 Å². The first kappa shape index (κ1) is 22.5. The van der Waals surface area contributed by atoms with Crippen LogP contribution in [0.25, 0.3) is 21.8 Å². The third-order valence-corrected chi connectivity index (χ3v) is 3.68. The molecule has 13 nitrogen and oxygen atoms in total. The van der Waals surface area contributed by atoms with Crippen LogP contribution in [-0.2, 0) is 0 Å². The number of rotatable bonds is 0. The number of fused-ring (bicyclic) bond motifs is 2. The number of tetrazole rings is 1. The van der Waals surface area contributed by atoms with E-state index in [1.165, 1.54) is 29.6 Å². The van der Waals surface area contributed by atoms with E-state index >= 15 is 0 Å². The monoisotopic (exact) mass is 444 g/mol. The van der Waals surface area contributed by atoms with Crippen LogP contribution in [0.2, 0.25) is 0 Å². The molecule has 166 valence electrons. The second-order valence-electron chi connectivity index (χ2n) is 5.80. The zero-order valence-electron chi connectivity index (χ0n) is 17.2. The largest absolute Gasteiger partial charge is 0.366 e. The smallest absolute Gasteiger partial charge is 0.161 e. The lowest BCUT2D eigenvalue weighted by atomic mass is 10.2. The lowest BCUT2D eigenvalue weighted by Crippen LogP contribution is -1.68. The Bertz CT molecular complexity index is 1080. The Morgan fingerprint density at radius 2 is 1.55 bits per heavy atom. The number of nitrogens with one attached hydrogen (secondary N) is 4. The second-order valence-corrected chi connectivity index (χ2v) is 5.80. The van der Waals surface area contributed by atoms with Crippen molar-refractivity contribution in [3.8, 4) is 0 Å². The lowest BCUT2D eigenvalue weighted by molar-refractivity contribution is 0.393. The summed E-state index contributed by atoms with van der Waals surface area (Å²) >= 11 is 0. The fourth-order valence-electron chi connectivity index (χ4n) is 2.31.